The second-order valence-corrected chi connectivity index (χ2v) is 5.62. The Kier molecular flexibility index (Phi) is 4.41. The fourth-order valence-corrected chi connectivity index (χ4v) is 2.13. The Morgan fingerprint density at radius 3 is 2.81 bits per heavy atom. The van der Waals surface area contributed by atoms with E-state index in [0.717, 1.165) is 24.5 Å². The lowest BCUT2D eigenvalue weighted by Crippen LogP contribution is -2.13. The van der Waals surface area contributed by atoms with Crippen molar-refractivity contribution in [2.45, 2.75) is 18.8 Å². The third-order valence-electron chi connectivity index (χ3n) is 3.01. The van der Waals surface area contributed by atoms with Gasteiger partial charge in [0, 0.05) is 24.2 Å². The summed E-state index contributed by atoms with van der Waals surface area (Å²) in [6.07, 6.45) is 3.84. The van der Waals surface area contributed by atoms with Gasteiger partial charge in [-0.2, -0.15) is 0 Å². The van der Waals surface area contributed by atoms with Crippen molar-refractivity contribution < 1.29 is 4.74 Å². The molecule has 0 aromatic carbocycles. The van der Waals surface area contributed by atoms with E-state index in [2.05, 4.69) is 20.3 Å². The lowest BCUT2D eigenvalue weighted by Gasteiger charge is -2.08. The van der Waals surface area contributed by atoms with Crippen molar-refractivity contribution in [3.63, 3.8) is 0 Å². The van der Waals surface area contributed by atoms with Gasteiger partial charge in [0.2, 0.25) is 5.88 Å². The van der Waals surface area contributed by atoms with Gasteiger partial charge < -0.3 is 10.1 Å². The highest BCUT2D eigenvalue weighted by atomic mass is 35.5. The number of anilines is 1. The molecule has 0 saturated heterocycles. The molecule has 2 heterocycles. The zero-order valence-electron chi connectivity index (χ0n) is 11.2. The van der Waals surface area contributed by atoms with E-state index in [0.29, 0.717) is 35.1 Å². The summed E-state index contributed by atoms with van der Waals surface area (Å²) < 4.78 is 5.49. The summed E-state index contributed by atoms with van der Waals surface area (Å²) in [7, 11) is 0. The smallest absolute Gasteiger partial charge is 0.213 e. The maximum absolute atomic E-state index is 6.00. The molecule has 1 aliphatic carbocycles. The molecule has 0 amide bonds. The summed E-state index contributed by atoms with van der Waals surface area (Å²) in [5.74, 6) is 2.56. The SMILES string of the molecule is Clc1ccc(OCCNc2cc(Cl)nc(C3CC3)n2)nc1. The minimum Gasteiger partial charge on any atom is -0.476 e. The first kappa shape index (κ1) is 14.4. The van der Waals surface area contributed by atoms with Crippen LogP contribution < -0.4 is 10.1 Å². The number of nitrogens with one attached hydrogen (secondary N) is 1. The summed E-state index contributed by atoms with van der Waals surface area (Å²) in [5, 5.41) is 4.23. The van der Waals surface area contributed by atoms with Gasteiger partial charge in [0.1, 0.15) is 23.4 Å². The van der Waals surface area contributed by atoms with Gasteiger partial charge in [0.15, 0.2) is 0 Å². The highest BCUT2D eigenvalue weighted by Gasteiger charge is 2.27. The molecule has 3 rings (SSSR count). The number of aromatic nitrogens is 3. The summed E-state index contributed by atoms with van der Waals surface area (Å²) in [6.45, 7) is 1.07. The van der Waals surface area contributed by atoms with Crippen LogP contribution in [0, 0.1) is 0 Å². The molecular weight excluding hydrogens is 311 g/mol. The minimum absolute atomic E-state index is 0.467. The normalized spacial score (nSPS) is 14.0. The second-order valence-electron chi connectivity index (χ2n) is 4.80. The number of hydrogen-bond donors (Lipinski definition) is 1. The number of nitrogens with zero attached hydrogens (tertiary/aromatic N) is 3. The molecule has 2 aromatic rings. The zero-order chi connectivity index (χ0) is 14.7. The van der Waals surface area contributed by atoms with Crippen molar-refractivity contribution in [3.05, 3.63) is 40.4 Å². The van der Waals surface area contributed by atoms with E-state index in [4.69, 9.17) is 27.9 Å². The number of pyridine rings is 1. The van der Waals surface area contributed by atoms with Crippen LogP contribution in [0.5, 0.6) is 5.88 Å². The Hall–Kier alpha value is -1.59. The molecule has 110 valence electrons. The predicted molar refractivity (Wildman–Crippen MR) is 82.2 cm³/mol. The van der Waals surface area contributed by atoms with Gasteiger partial charge in [0.25, 0.3) is 0 Å². The molecule has 0 unspecified atom stereocenters. The van der Waals surface area contributed by atoms with Gasteiger partial charge in [-0.3, -0.25) is 0 Å². The predicted octanol–water partition coefficient (Wildman–Crippen LogP) is 3.55. The molecule has 5 nitrogen and oxygen atoms in total. The first-order valence-electron chi connectivity index (χ1n) is 6.73. The second kappa shape index (κ2) is 6.45. The van der Waals surface area contributed by atoms with Crippen molar-refractivity contribution in [1.29, 1.82) is 0 Å². The van der Waals surface area contributed by atoms with Crippen LogP contribution in [0.1, 0.15) is 24.6 Å². The standard InChI is InChI=1S/C14H14Cl2N4O/c15-10-3-4-13(18-8-10)21-6-5-17-12-7-11(16)19-14(20-12)9-1-2-9/h3-4,7-9H,1-2,5-6H2,(H,17,19,20). The summed E-state index contributed by atoms with van der Waals surface area (Å²) in [6, 6.07) is 5.19. The van der Waals surface area contributed by atoms with Crippen molar-refractivity contribution >= 4 is 29.0 Å². The van der Waals surface area contributed by atoms with E-state index < -0.39 is 0 Å². The van der Waals surface area contributed by atoms with Crippen molar-refractivity contribution in [2.75, 3.05) is 18.5 Å². The molecule has 0 radical (unpaired) electrons. The third-order valence-corrected chi connectivity index (χ3v) is 3.43. The monoisotopic (exact) mass is 324 g/mol. The molecule has 0 bridgehead atoms. The molecule has 1 aliphatic rings. The highest BCUT2D eigenvalue weighted by molar-refractivity contribution is 6.30. The first-order valence-corrected chi connectivity index (χ1v) is 7.49. The Labute approximate surface area is 132 Å². The Morgan fingerprint density at radius 2 is 2.10 bits per heavy atom. The number of hydrogen-bond acceptors (Lipinski definition) is 5. The van der Waals surface area contributed by atoms with Crippen LogP contribution in [0.15, 0.2) is 24.4 Å². The average Bonchev–Trinajstić information content (AvgIpc) is 3.29. The van der Waals surface area contributed by atoms with Gasteiger partial charge in [-0.15, -0.1) is 0 Å². The van der Waals surface area contributed by atoms with Gasteiger partial charge in [-0.25, -0.2) is 15.0 Å². The van der Waals surface area contributed by atoms with Crippen molar-refractivity contribution in [1.82, 2.24) is 15.0 Å². The zero-order valence-corrected chi connectivity index (χ0v) is 12.7. The van der Waals surface area contributed by atoms with E-state index in [1.54, 1.807) is 24.4 Å². The Balaban J connectivity index is 1.50. The molecule has 7 heteroatoms. The van der Waals surface area contributed by atoms with E-state index in [9.17, 15) is 0 Å². The van der Waals surface area contributed by atoms with Crippen molar-refractivity contribution in [3.8, 4) is 5.88 Å². The van der Waals surface area contributed by atoms with Crippen molar-refractivity contribution in [2.24, 2.45) is 0 Å². The topological polar surface area (TPSA) is 59.9 Å². The minimum atomic E-state index is 0.467. The van der Waals surface area contributed by atoms with Crippen LogP contribution in [0.2, 0.25) is 10.2 Å². The summed E-state index contributed by atoms with van der Waals surface area (Å²) in [4.78, 5) is 12.8. The van der Waals surface area contributed by atoms with Gasteiger partial charge in [0.05, 0.1) is 11.6 Å². The molecule has 21 heavy (non-hydrogen) atoms. The van der Waals surface area contributed by atoms with Gasteiger partial charge >= 0.3 is 0 Å². The van der Waals surface area contributed by atoms with Crippen LogP contribution >= 0.6 is 23.2 Å². The quantitative estimate of drug-likeness (QED) is 0.650. The molecule has 0 spiro atoms. The largest absolute Gasteiger partial charge is 0.476 e. The molecular formula is C14H14Cl2N4O. The molecule has 1 fully saturated rings. The summed E-state index contributed by atoms with van der Waals surface area (Å²) >= 11 is 11.8. The van der Waals surface area contributed by atoms with Crippen LogP contribution in [-0.2, 0) is 0 Å². The molecule has 1 N–H and O–H groups in total. The number of halogens is 2. The molecule has 0 aliphatic heterocycles. The number of ether oxygens (including phenoxy) is 1. The lowest BCUT2D eigenvalue weighted by molar-refractivity contribution is 0.320. The van der Waals surface area contributed by atoms with E-state index >= 15 is 0 Å². The molecule has 0 atom stereocenters. The van der Waals surface area contributed by atoms with Crippen LogP contribution in [0.4, 0.5) is 5.82 Å². The number of rotatable bonds is 6. The fraction of sp³-hybridized carbons (Fsp3) is 0.357. The van der Waals surface area contributed by atoms with Gasteiger partial charge in [-0.05, 0) is 18.9 Å². The average molecular weight is 325 g/mol. The van der Waals surface area contributed by atoms with E-state index in [1.807, 2.05) is 0 Å². The maximum Gasteiger partial charge on any atom is 0.213 e. The van der Waals surface area contributed by atoms with Crippen LogP contribution in [-0.4, -0.2) is 28.1 Å². The lowest BCUT2D eigenvalue weighted by atomic mass is 10.4. The van der Waals surface area contributed by atoms with Crippen LogP contribution in [0.3, 0.4) is 0 Å². The Bertz CT molecular complexity index is 617. The van der Waals surface area contributed by atoms with E-state index in [1.165, 1.54) is 0 Å². The maximum atomic E-state index is 6.00. The fourth-order valence-electron chi connectivity index (χ4n) is 1.83. The highest BCUT2D eigenvalue weighted by Crippen LogP contribution is 2.38. The Morgan fingerprint density at radius 1 is 1.24 bits per heavy atom. The molecule has 1 saturated carbocycles. The van der Waals surface area contributed by atoms with E-state index in [-0.39, 0.29) is 0 Å². The van der Waals surface area contributed by atoms with Crippen LogP contribution in [0.25, 0.3) is 0 Å². The summed E-state index contributed by atoms with van der Waals surface area (Å²) in [5.41, 5.74) is 0. The first-order chi connectivity index (χ1) is 10.2. The molecule has 2 aromatic heterocycles. The third kappa shape index (κ3) is 4.19. The van der Waals surface area contributed by atoms with Gasteiger partial charge in [-0.1, -0.05) is 23.2 Å².